The quantitative estimate of drug-likeness (QED) is 0.651. The molecule has 2 heterocycles. The van der Waals surface area contributed by atoms with Gasteiger partial charge in [0.2, 0.25) is 5.91 Å². The van der Waals surface area contributed by atoms with Crippen LogP contribution in [0.3, 0.4) is 0 Å². The maximum absolute atomic E-state index is 13.0. The molecule has 31 heavy (non-hydrogen) atoms. The molecule has 2 saturated heterocycles. The first kappa shape index (κ1) is 23.8. The fraction of sp³-hybridized carbons (Fsp3) is 0.682. The predicted molar refractivity (Wildman–Crippen MR) is 119 cm³/mol. The average molecular weight is 454 g/mol. The lowest BCUT2D eigenvalue weighted by atomic mass is 9.98. The monoisotopic (exact) mass is 453 g/mol. The van der Waals surface area contributed by atoms with E-state index in [2.05, 4.69) is 12.2 Å². The molecule has 2 aliphatic heterocycles. The van der Waals surface area contributed by atoms with Gasteiger partial charge in [-0.3, -0.25) is 4.79 Å². The summed E-state index contributed by atoms with van der Waals surface area (Å²) in [6, 6.07) is 5.62. The van der Waals surface area contributed by atoms with E-state index in [9.17, 15) is 13.2 Å². The van der Waals surface area contributed by atoms with Crippen molar-refractivity contribution in [3.63, 3.8) is 0 Å². The van der Waals surface area contributed by atoms with E-state index in [-0.39, 0.29) is 18.4 Å². The van der Waals surface area contributed by atoms with E-state index in [1.54, 1.807) is 18.5 Å². The Balaban J connectivity index is 1.53. The van der Waals surface area contributed by atoms with Crippen molar-refractivity contribution in [2.45, 2.75) is 39.0 Å². The van der Waals surface area contributed by atoms with Gasteiger partial charge in [0.05, 0.1) is 20.1 Å². The third kappa shape index (κ3) is 5.90. The van der Waals surface area contributed by atoms with Crippen molar-refractivity contribution in [2.75, 3.05) is 46.9 Å². The predicted octanol–water partition coefficient (Wildman–Crippen LogP) is 2.05. The maximum Gasteiger partial charge on any atom is 0.281 e. The van der Waals surface area contributed by atoms with Gasteiger partial charge in [-0.1, -0.05) is 13.0 Å². The Hall–Kier alpha value is -1.84. The second kappa shape index (κ2) is 10.7. The number of benzene rings is 1. The summed E-state index contributed by atoms with van der Waals surface area (Å²) in [6.45, 7) is 4.51. The number of ether oxygens (including phenoxy) is 2. The first-order valence-corrected chi connectivity index (χ1v) is 12.5. The summed E-state index contributed by atoms with van der Waals surface area (Å²) in [5, 5.41) is 2.98. The minimum Gasteiger partial charge on any atom is -0.497 e. The third-order valence-electron chi connectivity index (χ3n) is 6.34. The van der Waals surface area contributed by atoms with Gasteiger partial charge in [0.15, 0.2) is 0 Å². The molecule has 0 unspecified atom stereocenters. The standard InChI is InChI=1S/C22H35N3O5S/c1-17-9-13-24(14-10-17)31(27,28)25-12-4-5-19(16-25)22(26)23-11-8-18-6-7-20(29-2)15-21(18)30-3/h6-7,15,17,19H,4-5,8-14,16H2,1-3H3,(H,23,26)/t19-/m1/s1. The van der Waals surface area contributed by atoms with Crippen molar-refractivity contribution >= 4 is 16.1 Å². The van der Waals surface area contributed by atoms with E-state index >= 15 is 0 Å². The Morgan fingerprint density at radius 1 is 1.10 bits per heavy atom. The number of nitrogens with zero attached hydrogens (tertiary/aromatic N) is 2. The summed E-state index contributed by atoms with van der Waals surface area (Å²) in [4.78, 5) is 12.7. The van der Waals surface area contributed by atoms with E-state index in [1.807, 2.05) is 18.2 Å². The topological polar surface area (TPSA) is 88.2 Å². The van der Waals surface area contributed by atoms with Crippen molar-refractivity contribution < 1.29 is 22.7 Å². The van der Waals surface area contributed by atoms with Gasteiger partial charge in [0.25, 0.3) is 10.2 Å². The Kier molecular flexibility index (Phi) is 8.18. The smallest absolute Gasteiger partial charge is 0.281 e. The second-order valence-corrected chi connectivity index (χ2v) is 10.4. The zero-order valence-electron chi connectivity index (χ0n) is 18.8. The zero-order chi connectivity index (χ0) is 22.4. The molecule has 8 nitrogen and oxygen atoms in total. The number of hydrogen-bond acceptors (Lipinski definition) is 5. The molecular formula is C22H35N3O5S. The van der Waals surface area contributed by atoms with Gasteiger partial charge in [0.1, 0.15) is 11.5 Å². The summed E-state index contributed by atoms with van der Waals surface area (Å²) in [5.74, 6) is 1.61. The lowest BCUT2D eigenvalue weighted by Gasteiger charge is -2.37. The van der Waals surface area contributed by atoms with E-state index < -0.39 is 10.2 Å². The number of rotatable bonds is 8. The molecule has 0 radical (unpaired) electrons. The van der Waals surface area contributed by atoms with Crippen LogP contribution in [0, 0.1) is 11.8 Å². The van der Waals surface area contributed by atoms with Crippen molar-refractivity contribution in [2.24, 2.45) is 11.8 Å². The second-order valence-electron chi connectivity index (χ2n) is 8.51. The Morgan fingerprint density at radius 2 is 1.84 bits per heavy atom. The van der Waals surface area contributed by atoms with E-state index in [0.717, 1.165) is 29.9 Å². The van der Waals surface area contributed by atoms with Crippen LogP contribution in [0.4, 0.5) is 0 Å². The molecular weight excluding hydrogens is 418 g/mol. The van der Waals surface area contributed by atoms with Crippen LogP contribution in [0.1, 0.15) is 38.2 Å². The summed E-state index contributed by atoms with van der Waals surface area (Å²) in [6.07, 6.45) is 3.83. The van der Waals surface area contributed by atoms with Crippen LogP contribution in [0.25, 0.3) is 0 Å². The highest BCUT2D eigenvalue weighted by Gasteiger charge is 2.36. The van der Waals surface area contributed by atoms with Gasteiger partial charge in [-0.15, -0.1) is 0 Å². The van der Waals surface area contributed by atoms with Gasteiger partial charge >= 0.3 is 0 Å². The molecule has 3 rings (SSSR count). The molecule has 0 bridgehead atoms. The maximum atomic E-state index is 13.0. The first-order valence-electron chi connectivity index (χ1n) is 11.1. The average Bonchev–Trinajstić information content (AvgIpc) is 2.79. The molecule has 1 atom stereocenters. The molecule has 2 aliphatic rings. The van der Waals surface area contributed by atoms with E-state index in [0.29, 0.717) is 51.4 Å². The van der Waals surface area contributed by atoms with Crippen LogP contribution in [-0.2, 0) is 21.4 Å². The van der Waals surface area contributed by atoms with Gasteiger partial charge in [-0.05, 0) is 49.7 Å². The molecule has 2 fully saturated rings. The summed E-state index contributed by atoms with van der Waals surface area (Å²) >= 11 is 0. The number of nitrogens with one attached hydrogen (secondary N) is 1. The number of carbonyl (C=O) groups excluding carboxylic acids is 1. The molecule has 0 aliphatic carbocycles. The molecule has 0 aromatic heterocycles. The first-order chi connectivity index (χ1) is 14.8. The molecule has 174 valence electrons. The van der Waals surface area contributed by atoms with Crippen LogP contribution < -0.4 is 14.8 Å². The normalized spacial score (nSPS) is 21.6. The van der Waals surface area contributed by atoms with Gasteiger partial charge in [-0.2, -0.15) is 17.0 Å². The van der Waals surface area contributed by atoms with Gasteiger partial charge in [-0.25, -0.2) is 0 Å². The van der Waals surface area contributed by atoms with E-state index in [1.165, 1.54) is 4.31 Å². The summed E-state index contributed by atoms with van der Waals surface area (Å²) in [7, 11) is -0.282. The Morgan fingerprint density at radius 3 is 2.52 bits per heavy atom. The van der Waals surface area contributed by atoms with Crippen molar-refractivity contribution in [1.82, 2.24) is 13.9 Å². The van der Waals surface area contributed by atoms with Crippen molar-refractivity contribution in [3.05, 3.63) is 23.8 Å². The van der Waals surface area contributed by atoms with Gasteiger partial charge in [0, 0.05) is 38.8 Å². The third-order valence-corrected chi connectivity index (χ3v) is 8.34. The van der Waals surface area contributed by atoms with Crippen molar-refractivity contribution in [3.8, 4) is 11.5 Å². The zero-order valence-corrected chi connectivity index (χ0v) is 19.6. The molecule has 1 amide bonds. The molecule has 0 spiro atoms. The SMILES string of the molecule is COc1ccc(CCNC(=O)[C@@H]2CCCN(S(=O)(=O)N3CCC(C)CC3)C2)c(OC)c1. The number of piperidine rings is 2. The molecule has 1 aromatic carbocycles. The molecule has 1 N–H and O–H groups in total. The number of methoxy groups -OCH3 is 2. The number of hydrogen-bond donors (Lipinski definition) is 1. The lowest BCUT2D eigenvalue weighted by Crippen LogP contribution is -2.52. The highest BCUT2D eigenvalue weighted by molar-refractivity contribution is 7.86. The van der Waals surface area contributed by atoms with Crippen LogP contribution in [-0.4, -0.2) is 69.9 Å². The summed E-state index contributed by atoms with van der Waals surface area (Å²) in [5.41, 5.74) is 0.982. The van der Waals surface area contributed by atoms with Gasteiger partial charge < -0.3 is 14.8 Å². The van der Waals surface area contributed by atoms with Crippen LogP contribution in [0.15, 0.2) is 18.2 Å². The van der Waals surface area contributed by atoms with Crippen LogP contribution in [0.2, 0.25) is 0 Å². The highest BCUT2D eigenvalue weighted by Crippen LogP contribution is 2.26. The minimum atomic E-state index is -3.50. The highest BCUT2D eigenvalue weighted by atomic mass is 32.2. The molecule has 9 heteroatoms. The fourth-order valence-electron chi connectivity index (χ4n) is 4.27. The van der Waals surface area contributed by atoms with Crippen LogP contribution >= 0.6 is 0 Å². The van der Waals surface area contributed by atoms with E-state index in [4.69, 9.17) is 9.47 Å². The number of carbonyl (C=O) groups is 1. The minimum absolute atomic E-state index is 0.0837. The molecule has 0 saturated carbocycles. The Bertz CT molecular complexity index is 853. The fourth-order valence-corrected chi connectivity index (χ4v) is 6.00. The van der Waals surface area contributed by atoms with Crippen molar-refractivity contribution in [1.29, 1.82) is 0 Å². The summed E-state index contributed by atoms with van der Waals surface area (Å²) < 4.78 is 39.8. The number of amides is 1. The largest absolute Gasteiger partial charge is 0.497 e. The molecule has 1 aromatic rings. The Labute approximate surface area is 186 Å². The lowest BCUT2D eigenvalue weighted by molar-refractivity contribution is -0.126. The van der Waals surface area contributed by atoms with Crippen LogP contribution in [0.5, 0.6) is 11.5 Å².